The van der Waals surface area contributed by atoms with Crippen molar-refractivity contribution < 1.29 is 9.47 Å². The average Bonchev–Trinajstić information content (AvgIpc) is 3.18. The molecule has 4 nitrogen and oxygen atoms in total. The van der Waals surface area contributed by atoms with E-state index in [-0.39, 0.29) is 5.54 Å². The molecule has 1 aliphatic heterocycles. The van der Waals surface area contributed by atoms with E-state index in [2.05, 4.69) is 62.0 Å². The minimum Gasteiger partial charge on any atom is -0.493 e. The quantitative estimate of drug-likeness (QED) is 0.776. The SMILES string of the molecule is COc1cc2c(cc1OC)C([Si](C)(C)NC(C)(C)C)C=C2N1CCCC1. The topological polar surface area (TPSA) is 33.7 Å². The Bertz CT molecular complexity index is 701. The monoisotopic (exact) mass is 374 g/mol. The van der Waals surface area contributed by atoms with Crippen molar-refractivity contribution >= 4 is 13.9 Å². The van der Waals surface area contributed by atoms with Crippen LogP contribution in [0.5, 0.6) is 11.5 Å². The van der Waals surface area contributed by atoms with Gasteiger partial charge in [-0.3, -0.25) is 0 Å². The molecule has 1 aliphatic carbocycles. The molecule has 0 saturated carbocycles. The zero-order valence-corrected chi connectivity index (χ0v) is 18.4. The molecule has 0 aromatic heterocycles. The molecule has 0 spiro atoms. The largest absolute Gasteiger partial charge is 0.493 e. The van der Waals surface area contributed by atoms with Crippen LogP contribution >= 0.6 is 0 Å². The molecule has 0 bridgehead atoms. The molecule has 1 aromatic rings. The van der Waals surface area contributed by atoms with Crippen molar-refractivity contribution in [2.75, 3.05) is 27.3 Å². The Balaban J connectivity index is 2.09. The molecule has 1 N–H and O–H groups in total. The van der Waals surface area contributed by atoms with Crippen LogP contribution < -0.4 is 14.5 Å². The second-order valence-corrected chi connectivity index (χ2v) is 13.4. The molecule has 1 atom stereocenters. The van der Waals surface area contributed by atoms with E-state index in [0.717, 1.165) is 24.6 Å². The third-order valence-corrected chi connectivity index (χ3v) is 8.84. The predicted octanol–water partition coefficient (Wildman–Crippen LogP) is 4.37. The van der Waals surface area contributed by atoms with Crippen molar-refractivity contribution in [1.29, 1.82) is 0 Å². The predicted molar refractivity (Wildman–Crippen MR) is 111 cm³/mol. The molecule has 5 heteroatoms. The summed E-state index contributed by atoms with van der Waals surface area (Å²) in [5.41, 5.74) is 4.63. The maximum Gasteiger partial charge on any atom is 0.161 e. The van der Waals surface area contributed by atoms with E-state index in [1.165, 1.54) is 29.7 Å². The lowest BCUT2D eigenvalue weighted by molar-refractivity contribution is 0.354. The smallest absolute Gasteiger partial charge is 0.161 e. The highest BCUT2D eigenvalue weighted by Crippen LogP contribution is 2.47. The zero-order chi connectivity index (χ0) is 19.1. The highest BCUT2D eigenvalue weighted by atomic mass is 28.3. The number of benzene rings is 1. The summed E-state index contributed by atoms with van der Waals surface area (Å²) >= 11 is 0. The van der Waals surface area contributed by atoms with E-state index >= 15 is 0 Å². The molecule has 26 heavy (non-hydrogen) atoms. The maximum atomic E-state index is 5.62. The van der Waals surface area contributed by atoms with Crippen LogP contribution in [-0.4, -0.2) is 46.0 Å². The van der Waals surface area contributed by atoms with Crippen LogP contribution in [0.3, 0.4) is 0 Å². The van der Waals surface area contributed by atoms with Gasteiger partial charge in [0.2, 0.25) is 0 Å². The van der Waals surface area contributed by atoms with Gasteiger partial charge in [-0.25, -0.2) is 0 Å². The van der Waals surface area contributed by atoms with Crippen LogP contribution in [0.4, 0.5) is 0 Å². The maximum absolute atomic E-state index is 5.62. The molecule has 1 heterocycles. The average molecular weight is 375 g/mol. The zero-order valence-electron chi connectivity index (χ0n) is 17.4. The highest BCUT2D eigenvalue weighted by Gasteiger charge is 2.41. The fourth-order valence-corrected chi connectivity index (χ4v) is 8.27. The van der Waals surface area contributed by atoms with E-state index in [1.54, 1.807) is 14.2 Å². The van der Waals surface area contributed by atoms with E-state index in [1.807, 2.05) is 0 Å². The van der Waals surface area contributed by atoms with E-state index in [0.29, 0.717) is 5.54 Å². The van der Waals surface area contributed by atoms with Crippen LogP contribution in [0, 0.1) is 0 Å². The molecule has 0 amide bonds. The second-order valence-electron chi connectivity index (χ2n) is 9.11. The van der Waals surface area contributed by atoms with Gasteiger partial charge >= 0.3 is 0 Å². The first-order chi connectivity index (χ1) is 12.2. The molecule has 3 rings (SSSR count). The number of hydrogen-bond acceptors (Lipinski definition) is 4. The Hall–Kier alpha value is -1.46. The minimum absolute atomic E-state index is 0.108. The van der Waals surface area contributed by atoms with Gasteiger partial charge in [-0.05, 0) is 51.3 Å². The van der Waals surface area contributed by atoms with Crippen molar-refractivity contribution in [3.05, 3.63) is 29.3 Å². The van der Waals surface area contributed by atoms with Gasteiger partial charge in [0.05, 0.1) is 14.2 Å². The lowest BCUT2D eigenvalue weighted by atomic mass is 10.1. The molecule has 1 fully saturated rings. The Morgan fingerprint density at radius 3 is 2.15 bits per heavy atom. The number of ether oxygens (including phenoxy) is 2. The third-order valence-electron chi connectivity index (χ3n) is 5.41. The Labute approximate surface area is 159 Å². The molecule has 1 unspecified atom stereocenters. The van der Waals surface area contributed by atoms with Gasteiger partial charge in [0.15, 0.2) is 11.5 Å². The number of nitrogens with zero attached hydrogens (tertiary/aromatic N) is 1. The van der Waals surface area contributed by atoms with E-state index in [4.69, 9.17) is 9.47 Å². The lowest BCUT2D eigenvalue weighted by Crippen LogP contribution is -2.57. The van der Waals surface area contributed by atoms with Gasteiger partial charge in [0.1, 0.15) is 8.24 Å². The molecule has 1 saturated heterocycles. The van der Waals surface area contributed by atoms with Gasteiger partial charge in [0.25, 0.3) is 0 Å². The fourth-order valence-electron chi connectivity index (χ4n) is 4.59. The molecular weight excluding hydrogens is 340 g/mol. The number of fused-ring (bicyclic) bond motifs is 1. The fraction of sp³-hybridized carbons (Fsp3) is 0.619. The molecule has 0 radical (unpaired) electrons. The summed E-state index contributed by atoms with van der Waals surface area (Å²) in [5, 5.41) is 0. The molecular formula is C21H34N2O2Si. The van der Waals surface area contributed by atoms with Gasteiger partial charge in [-0.2, -0.15) is 0 Å². The number of allylic oxidation sites excluding steroid dienone is 1. The normalized spacial score (nSPS) is 20.2. The summed E-state index contributed by atoms with van der Waals surface area (Å²) in [5.74, 6) is 1.65. The summed E-state index contributed by atoms with van der Waals surface area (Å²) in [6.45, 7) is 14.0. The van der Waals surface area contributed by atoms with Crippen LogP contribution in [0.2, 0.25) is 13.1 Å². The lowest BCUT2D eigenvalue weighted by Gasteiger charge is -2.37. The summed E-state index contributed by atoms with van der Waals surface area (Å²) in [6, 6.07) is 4.39. The van der Waals surface area contributed by atoms with E-state index in [9.17, 15) is 0 Å². The van der Waals surface area contributed by atoms with Crippen molar-refractivity contribution in [3.8, 4) is 11.5 Å². The standard InChI is InChI=1S/C21H34N2O2Si/c1-21(2,3)22-26(6,7)20-14-17(23-10-8-9-11-23)15-12-18(24-4)19(25-5)13-16(15)20/h12-14,20,22H,8-11H2,1-7H3. The number of rotatable bonds is 5. The van der Waals surface area contributed by atoms with E-state index < -0.39 is 8.24 Å². The van der Waals surface area contributed by atoms with Crippen LogP contribution in [-0.2, 0) is 0 Å². The number of likely N-dealkylation sites (tertiary alicyclic amines) is 1. The highest BCUT2D eigenvalue weighted by molar-refractivity contribution is 6.77. The Morgan fingerprint density at radius 1 is 1.04 bits per heavy atom. The van der Waals surface area contributed by atoms with Crippen LogP contribution in [0.1, 0.15) is 50.3 Å². The third kappa shape index (κ3) is 3.65. The van der Waals surface area contributed by atoms with Crippen LogP contribution in [0.15, 0.2) is 18.2 Å². The molecule has 1 aromatic carbocycles. The Kier molecular flexibility index (Phi) is 5.14. The second kappa shape index (κ2) is 6.93. The summed E-state index contributed by atoms with van der Waals surface area (Å²) < 4.78 is 11.2. The van der Waals surface area contributed by atoms with Gasteiger partial charge in [-0.1, -0.05) is 19.2 Å². The van der Waals surface area contributed by atoms with Gasteiger partial charge < -0.3 is 19.4 Å². The summed E-state index contributed by atoms with van der Waals surface area (Å²) in [7, 11) is 1.68. The van der Waals surface area contributed by atoms with Crippen molar-refractivity contribution in [1.82, 2.24) is 9.88 Å². The minimum atomic E-state index is -1.76. The van der Waals surface area contributed by atoms with Crippen molar-refractivity contribution in [3.63, 3.8) is 0 Å². The van der Waals surface area contributed by atoms with Crippen molar-refractivity contribution in [2.45, 2.75) is 57.8 Å². The number of methoxy groups -OCH3 is 2. The van der Waals surface area contributed by atoms with Crippen LogP contribution in [0.25, 0.3) is 5.70 Å². The molecule has 144 valence electrons. The van der Waals surface area contributed by atoms with Gasteiger partial charge in [-0.15, -0.1) is 0 Å². The summed E-state index contributed by atoms with van der Waals surface area (Å²) in [6.07, 6.45) is 5.08. The Morgan fingerprint density at radius 2 is 1.62 bits per heavy atom. The number of hydrogen-bond donors (Lipinski definition) is 1. The van der Waals surface area contributed by atoms with Gasteiger partial charge in [0, 0.05) is 35.4 Å². The van der Waals surface area contributed by atoms with Crippen molar-refractivity contribution in [2.24, 2.45) is 0 Å². The first-order valence-corrected chi connectivity index (χ1v) is 12.8. The summed E-state index contributed by atoms with van der Waals surface area (Å²) in [4.78, 5) is 6.51. The molecule has 2 aliphatic rings. The number of nitrogens with one attached hydrogen (secondary N) is 1. The first kappa shape index (κ1) is 19.3. The first-order valence-electron chi connectivity index (χ1n) is 9.68.